The Hall–Kier alpha value is -1.87. The number of ether oxygens (including phenoxy) is 1. The number of benzene rings is 2. The standard InChI is InChI=1S/C13H8ClFO2/c14-12-6-10(7-13(15)11(12)8-16)17-9-4-2-1-3-5-9/h1-8H. The predicted molar refractivity (Wildman–Crippen MR) is 63.3 cm³/mol. The van der Waals surface area contributed by atoms with Crippen LogP contribution in [0.5, 0.6) is 11.5 Å². The lowest BCUT2D eigenvalue weighted by Gasteiger charge is -2.07. The van der Waals surface area contributed by atoms with E-state index in [1.165, 1.54) is 6.07 Å². The summed E-state index contributed by atoms with van der Waals surface area (Å²) in [6.45, 7) is 0. The molecule has 0 aliphatic carbocycles. The van der Waals surface area contributed by atoms with Gasteiger partial charge < -0.3 is 4.74 Å². The molecule has 4 heteroatoms. The highest BCUT2D eigenvalue weighted by atomic mass is 35.5. The summed E-state index contributed by atoms with van der Waals surface area (Å²) in [5.74, 6) is 0.129. The maximum Gasteiger partial charge on any atom is 0.154 e. The Morgan fingerprint density at radius 2 is 1.82 bits per heavy atom. The fraction of sp³-hybridized carbons (Fsp3) is 0. The molecule has 2 aromatic rings. The van der Waals surface area contributed by atoms with Crippen LogP contribution in [-0.2, 0) is 0 Å². The normalized spacial score (nSPS) is 10.0. The Morgan fingerprint density at radius 3 is 2.41 bits per heavy atom. The molecule has 0 atom stereocenters. The molecule has 0 heterocycles. The van der Waals surface area contributed by atoms with E-state index in [4.69, 9.17) is 16.3 Å². The van der Waals surface area contributed by atoms with Gasteiger partial charge in [-0.25, -0.2) is 4.39 Å². The molecule has 17 heavy (non-hydrogen) atoms. The molecular weight excluding hydrogens is 243 g/mol. The number of halogens is 2. The first-order valence-corrected chi connectivity index (χ1v) is 5.25. The van der Waals surface area contributed by atoms with Gasteiger partial charge in [0.15, 0.2) is 6.29 Å². The summed E-state index contributed by atoms with van der Waals surface area (Å²) in [5, 5.41) is 0.0333. The van der Waals surface area contributed by atoms with Crippen molar-refractivity contribution in [3.05, 3.63) is 58.9 Å². The molecule has 0 amide bonds. The number of carbonyl (C=O) groups excluding carboxylic acids is 1. The van der Waals surface area contributed by atoms with Crippen molar-refractivity contribution < 1.29 is 13.9 Å². The monoisotopic (exact) mass is 250 g/mol. The quantitative estimate of drug-likeness (QED) is 0.767. The highest BCUT2D eigenvalue weighted by molar-refractivity contribution is 6.33. The highest BCUT2D eigenvalue weighted by Crippen LogP contribution is 2.28. The maximum absolute atomic E-state index is 13.4. The van der Waals surface area contributed by atoms with E-state index in [1.807, 2.05) is 6.07 Å². The van der Waals surface area contributed by atoms with Gasteiger partial charge in [-0.15, -0.1) is 0 Å². The van der Waals surface area contributed by atoms with Crippen molar-refractivity contribution >= 4 is 17.9 Å². The van der Waals surface area contributed by atoms with E-state index in [0.29, 0.717) is 12.0 Å². The first kappa shape index (κ1) is 11.6. The summed E-state index contributed by atoms with van der Waals surface area (Å²) in [7, 11) is 0. The Morgan fingerprint density at radius 1 is 1.12 bits per heavy atom. The van der Waals surface area contributed by atoms with Gasteiger partial charge in [0.2, 0.25) is 0 Å². The van der Waals surface area contributed by atoms with Crippen LogP contribution in [0.1, 0.15) is 10.4 Å². The molecule has 0 spiro atoms. The van der Waals surface area contributed by atoms with Crippen molar-refractivity contribution in [2.75, 3.05) is 0 Å². The molecule has 0 saturated heterocycles. The first-order chi connectivity index (χ1) is 8.20. The molecule has 0 radical (unpaired) electrons. The zero-order valence-corrected chi connectivity index (χ0v) is 9.45. The topological polar surface area (TPSA) is 26.3 Å². The van der Waals surface area contributed by atoms with E-state index in [2.05, 4.69) is 0 Å². The van der Waals surface area contributed by atoms with Gasteiger partial charge in [-0.3, -0.25) is 4.79 Å². The summed E-state index contributed by atoms with van der Waals surface area (Å²) in [6.07, 6.45) is 0.379. The van der Waals surface area contributed by atoms with Crippen LogP contribution in [0.25, 0.3) is 0 Å². The lowest BCUT2D eigenvalue weighted by atomic mass is 10.2. The number of para-hydroxylation sites is 1. The molecule has 0 fully saturated rings. The van der Waals surface area contributed by atoms with Crippen molar-refractivity contribution in [2.45, 2.75) is 0 Å². The maximum atomic E-state index is 13.4. The van der Waals surface area contributed by atoms with Crippen molar-refractivity contribution in [3.63, 3.8) is 0 Å². The van der Waals surface area contributed by atoms with Crippen LogP contribution in [-0.4, -0.2) is 6.29 Å². The van der Waals surface area contributed by atoms with E-state index in [0.717, 1.165) is 6.07 Å². The third kappa shape index (κ3) is 2.63. The van der Waals surface area contributed by atoms with Gasteiger partial charge >= 0.3 is 0 Å². The zero-order valence-electron chi connectivity index (χ0n) is 8.69. The van der Waals surface area contributed by atoms with Crippen molar-refractivity contribution in [3.8, 4) is 11.5 Å². The molecule has 0 unspecified atom stereocenters. The van der Waals surface area contributed by atoms with E-state index in [-0.39, 0.29) is 16.3 Å². The molecule has 2 nitrogen and oxygen atoms in total. The predicted octanol–water partition coefficient (Wildman–Crippen LogP) is 4.08. The summed E-state index contributed by atoms with van der Waals surface area (Å²) < 4.78 is 18.8. The van der Waals surface area contributed by atoms with Gasteiger partial charge in [0, 0.05) is 12.1 Å². The van der Waals surface area contributed by atoms with Gasteiger partial charge in [0.05, 0.1) is 10.6 Å². The molecule has 0 bridgehead atoms. The molecule has 86 valence electrons. The lowest BCUT2D eigenvalue weighted by Crippen LogP contribution is -1.92. The zero-order chi connectivity index (χ0) is 12.3. The third-order valence-electron chi connectivity index (χ3n) is 2.15. The summed E-state index contributed by atoms with van der Waals surface area (Å²) in [5.41, 5.74) is -0.160. The second-order valence-electron chi connectivity index (χ2n) is 3.33. The number of hydrogen-bond acceptors (Lipinski definition) is 2. The molecule has 0 aliphatic heterocycles. The first-order valence-electron chi connectivity index (χ1n) is 4.88. The van der Waals surface area contributed by atoms with Crippen LogP contribution in [0.2, 0.25) is 5.02 Å². The van der Waals surface area contributed by atoms with E-state index in [1.54, 1.807) is 24.3 Å². The van der Waals surface area contributed by atoms with Crippen LogP contribution < -0.4 is 4.74 Å². The minimum atomic E-state index is -0.696. The molecule has 2 aromatic carbocycles. The summed E-state index contributed by atoms with van der Waals surface area (Å²) in [6, 6.07) is 11.4. The van der Waals surface area contributed by atoms with Gasteiger partial charge in [0.25, 0.3) is 0 Å². The van der Waals surface area contributed by atoms with Crippen molar-refractivity contribution in [1.82, 2.24) is 0 Å². The van der Waals surface area contributed by atoms with Crippen LogP contribution in [0, 0.1) is 5.82 Å². The third-order valence-corrected chi connectivity index (χ3v) is 2.46. The van der Waals surface area contributed by atoms with Gasteiger partial charge in [0.1, 0.15) is 17.3 Å². The molecule has 0 aromatic heterocycles. The average Bonchev–Trinajstić information content (AvgIpc) is 2.30. The summed E-state index contributed by atoms with van der Waals surface area (Å²) >= 11 is 5.75. The van der Waals surface area contributed by atoms with Crippen molar-refractivity contribution in [2.24, 2.45) is 0 Å². The largest absolute Gasteiger partial charge is 0.457 e. The Kier molecular flexibility index (Phi) is 3.40. The second-order valence-corrected chi connectivity index (χ2v) is 3.74. The van der Waals surface area contributed by atoms with E-state index >= 15 is 0 Å². The van der Waals surface area contributed by atoms with Gasteiger partial charge in [-0.1, -0.05) is 29.8 Å². The average molecular weight is 251 g/mol. The number of carbonyl (C=O) groups is 1. The smallest absolute Gasteiger partial charge is 0.154 e. The number of aldehydes is 1. The molecule has 0 saturated carbocycles. The molecule has 2 rings (SSSR count). The second kappa shape index (κ2) is 4.97. The SMILES string of the molecule is O=Cc1c(F)cc(Oc2ccccc2)cc1Cl. The van der Waals surface area contributed by atoms with Crippen molar-refractivity contribution in [1.29, 1.82) is 0 Å². The minimum absolute atomic E-state index is 0.0333. The minimum Gasteiger partial charge on any atom is -0.457 e. The lowest BCUT2D eigenvalue weighted by molar-refractivity contribution is 0.112. The van der Waals surface area contributed by atoms with Crippen LogP contribution >= 0.6 is 11.6 Å². The summed E-state index contributed by atoms with van der Waals surface area (Å²) in [4.78, 5) is 10.6. The van der Waals surface area contributed by atoms with Crippen LogP contribution in [0.3, 0.4) is 0 Å². The Labute approximate surface area is 103 Å². The fourth-order valence-corrected chi connectivity index (χ4v) is 1.60. The Bertz CT molecular complexity index is 517. The highest BCUT2D eigenvalue weighted by Gasteiger charge is 2.09. The molecular formula is C13H8ClFO2. The van der Waals surface area contributed by atoms with Crippen LogP contribution in [0.4, 0.5) is 4.39 Å². The van der Waals surface area contributed by atoms with E-state index < -0.39 is 5.82 Å². The van der Waals surface area contributed by atoms with Crippen LogP contribution in [0.15, 0.2) is 42.5 Å². The molecule has 0 N–H and O–H groups in total. The molecule has 0 aliphatic rings. The van der Waals surface area contributed by atoms with Gasteiger partial charge in [-0.2, -0.15) is 0 Å². The van der Waals surface area contributed by atoms with Gasteiger partial charge in [-0.05, 0) is 12.1 Å². The number of rotatable bonds is 3. The van der Waals surface area contributed by atoms with E-state index in [9.17, 15) is 9.18 Å². The fourth-order valence-electron chi connectivity index (χ4n) is 1.36. The number of hydrogen-bond donors (Lipinski definition) is 0. The Balaban J connectivity index is 2.32.